The maximum atomic E-state index is 12.7. The summed E-state index contributed by atoms with van der Waals surface area (Å²) >= 11 is 1.10. The lowest BCUT2D eigenvalue weighted by Crippen LogP contribution is -2.54. The Morgan fingerprint density at radius 1 is 1.48 bits per heavy atom. The number of nitrogens with one attached hydrogen (secondary N) is 1. The molecule has 0 spiro atoms. The van der Waals surface area contributed by atoms with Gasteiger partial charge < -0.3 is 35.8 Å². The van der Waals surface area contributed by atoms with E-state index in [1.54, 1.807) is 12.1 Å². The largest absolute Gasteiger partial charge is 0.547 e. The number of thiazole rings is 1. The van der Waals surface area contributed by atoms with Gasteiger partial charge in [0.05, 0.1) is 18.1 Å². The third kappa shape index (κ3) is 4.64. The van der Waals surface area contributed by atoms with Crippen LogP contribution in [0.2, 0.25) is 0 Å². The quantitative estimate of drug-likeness (QED) is 0.167. The van der Waals surface area contributed by atoms with Crippen LogP contribution in [0.5, 0.6) is 5.75 Å². The molecule has 0 saturated carbocycles. The topological polar surface area (TPSA) is 177 Å². The van der Waals surface area contributed by atoms with Crippen molar-refractivity contribution in [3.05, 3.63) is 40.4 Å². The molecular weight excluding hydrogens is 403 g/mol. The number of nitrogens with two attached hydrogens (primary N) is 1. The van der Waals surface area contributed by atoms with Crippen LogP contribution < -0.4 is 15.7 Å². The molecule has 1 atom stereocenters. The molecule has 0 fully saturated rings. The zero-order valence-electron chi connectivity index (χ0n) is 14.9. The Morgan fingerprint density at radius 3 is 2.93 bits per heavy atom. The molecule has 13 heteroatoms. The fraction of sp³-hybridized carbons (Fsp3) is 0.250. The first kappa shape index (κ1) is 20.6. The van der Waals surface area contributed by atoms with E-state index in [-0.39, 0.29) is 47.5 Å². The molecule has 1 aromatic carbocycles. The monoisotopic (exact) mass is 420 g/mol. The van der Waals surface area contributed by atoms with Crippen molar-refractivity contribution >= 4 is 41.2 Å². The molecule has 152 valence electrons. The van der Waals surface area contributed by atoms with Crippen LogP contribution in [-0.2, 0) is 16.1 Å². The number of fused-ring (bicyclic) bond motifs is 1. The van der Waals surface area contributed by atoms with Gasteiger partial charge in [-0.15, -0.1) is 11.3 Å². The molecule has 1 aromatic heterocycles. The van der Waals surface area contributed by atoms with Gasteiger partial charge in [0.15, 0.2) is 10.8 Å². The summed E-state index contributed by atoms with van der Waals surface area (Å²) in [4.78, 5) is 32.9. The Bertz CT molecular complexity index is 951. The van der Waals surface area contributed by atoms with Crippen molar-refractivity contribution in [3.63, 3.8) is 0 Å². The van der Waals surface area contributed by atoms with E-state index in [1.807, 2.05) is 0 Å². The minimum Gasteiger partial charge on any atom is -0.534 e. The molecule has 1 aliphatic rings. The zero-order chi connectivity index (χ0) is 21.0. The normalized spacial score (nSPS) is 16.0. The molecule has 29 heavy (non-hydrogen) atoms. The van der Waals surface area contributed by atoms with Gasteiger partial charge in [-0.3, -0.25) is 4.79 Å². The van der Waals surface area contributed by atoms with Crippen LogP contribution in [-0.4, -0.2) is 64.1 Å². The maximum Gasteiger partial charge on any atom is 0.547 e. The first-order chi connectivity index (χ1) is 13.9. The van der Waals surface area contributed by atoms with Crippen molar-refractivity contribution in [2.75, 3.05) is 18.9 Å². The second-order valence-electron chi connectivity index (χ2n) is 5.96. The second kappa shape index (κ2) is 8.90. The molecule has 11 nitrogen and oxygen atoms in total. The van der Waals surface area contributed by atoms with Crippen molar-refractivity contribution in [1.82, 2.24) is 10.3 Å². The number of benzene rings is 1. The van der Waals surface area contributed by atoms with Crippen molar-refractivity contribution in [1.29, 1.82) is 0 Å². The number of aromatic carboxylic acids is 1. The maximum absolute atomic E-state index is 12.7. The van der Waals surface area contributed by atoms with Gasteiger partial charge >= 0.3 is 13.1 Å². The molecule has 2 heterocycles. The third-order valence-electron chi connectivity index (χ3n) is 3.98. The van der Waals surface area contributed by atoms with Gasteiger partial charge in [0.25, 0.3) is 5.91 Å². The van der Waals surface area contributed by atoms with Crippen LogP contribution in [0, 0.1) is 0 Å². The first-order valence-corrected chi connectivity index (χ1v) is 9.31. The lowest BCUT2D eigenvalue weighted by Gasteiger charge is -2.28. The van der Waals surface area contributed by atoms with Crippen molar-refractivity contribution in [3.8, 4) is 5.75 Å². The van der Waals surface area contributed by atoms with E-state index >= 15 is 0 Å². The molecular formula is C16H17BN4O7S. The number of aromatic nitrogens is 1. The van der Waals surface area contributed by atoms with Crippen LogP contribution in [0.1, 0.15) is 21.6 Å². The highest BCUT2D eigenvalue weighted by Gasteiger charge is 2.38. The number of anilines is 1. The molecule has 1 aliphatic heterocycles. The molecule has 0 radical (unpaired) electrons. The molecule has 3 rings (SSSR count). The number of carboxylic acid groups (broad SMARTS) is 1. The van der Waals surface area contributed by atoms with Gasteiger partial charge in [-0.1, -0.05) is 17.3 Å². The summed E-state index contributed by atoms with van der Waals surface area (Å²) in [6.07, 6.45) is 0.132. The van der Waals surface area contributed by atoms with E-state index < -0.39 is 24.9 Å². The number of aliphatic hydroxyl groups is 1. The summed E-state index contributed by atoms with van der Waals surface area (Å²) in [5.74, 6) is -2.71. The minimum atomic E-state index is -1.48. The Kier molecular flexibility index (Phi) is 6.31. The van der Waals surface area contributed by atoms with E-state index in [2.05, 4.69) is 15.5 Å². The van der Waals surface area contributed by atoms with E-state index in [4.69, 9.17) is 20.3 Å². The molecule has 6 N–H and O–H groups in total. The summed E-state index contributed by atoms with van der Waals surface area (Å²) in [6, 6.07) is 4.56. The van der Waals surface area contributed by atoms with Crippen molar-refractivity contribution < 1.29 is 34.3 Å². The molecule has 0 unspecified atom stereocenters. The number of carbonyl (C=O) groups is 2. The average Bonchev–Trinajstić information content (AvgIpc) is 3.11. The minimum absolute atomic E-state index is 0.0606. The van der Waals surface area contributed by atoms with Crippen LogP contribution in [0.3, 0.4) is 0 Å². The standard InChI is InChI=1S/C16H17BN4O7S/c18-16-19-10(7-29-16)12(21-27-5-4-22)14(23)20-11-6-8-2-1-3-9(15(24)25)13(8)28-17(11)26/h1-3,7,11,22,26H,4-6H2,(H2,18,19)(H,20,23)(H,24,25)/b21-12-/t11-/m0/s1. The van der Waals surface area contributed by atoms with Gasteiger partial charge in [0, 0.05) is 5.38 Å². The number of carbonyl (C=O) groups excluding carboxylic acids is 1. The van der Waals surface area contributed by atoms with Crippen molar-refractivity contribution in [2.45, 2.75) is 12.4 Å². The number of aliphatic hydroxyl groups excluding tert-OH is 1. The summed E-state index contributed by atoms with van der Waals surface area (Å²) in [5, 5.41) is 36.4. The van der Waals surface area contributed by atoms with Crippen LogP contribution in [0.15, 0.2) is 28.7 Å². The Labute approximate surface area is 168 Å². The smallest absolute Gasteiger partial charge is 0.534 e. The van der Waals surface area contributed by atoms with Crippen LogP contribution in [0.4, 0.5) is 5.13 Å². The summed E-state index contributed by atoms with van der Waals surface area (Å²) in [6.45, 7) is -0.424. The number of hydrogen-bond donors (Lipinski definition) is 5. The number of oxime groups is 1. The Balaban J connectivity index is 1.80. The van der Waals surface area contributed by atoms with Gasteiger partial charge in [-0.2, -0.15) is 0 Å². The molecule has 0 saturated heterocycles. The summed E-state index contributed by atoms with van der Waals surface area (Å²) < 4.78 is 5.35. The lowest BCUT2D eigenvalue weighted by atomic mass is 9.72. The van der Waals surface area contributed by atoms with Gasteiger partial charge in [-0.05, 0) is 18.1 Å². The van der Waals surface area contributed by atoms with E-state index in [1.165, 1.54) is 11.4 Å². The SMILES string of the molecule is Nc1nc(/C(=N/OCCO)C(=O)N[C@H]2Cc3cccc(C(=O)O)c3OB2O)cs1. The second-order valence-corrected chi connectivity index (χ2v) is 6.85. The van der Waals surface area contributed by atoms with Crippen LogP contribution in [0.25, 0.3) is 0 Å². The molecule has 2 aromatic rings. The molecule has 0 bridgehead atoms. The average molecular weight is 420 g/mol. The third-order valence-corrected chi connectivity index (χ3v) is 4.66. The van der Waals surface area contributed by atoms with E-state index in [0.29, 0.717) is 5.56 Å². The first-order valence-electron chi connectivity index (χ1n) is 8.43. The predicted octanol–water partition coefficient (Wildman–Crippen LogP) is -0.724. The molecule has 1 amide bonds. The number of rotatable bonds is 7. The highest BCUT2D eigenvalue weighted by molar-refractivity contribution is 7.13. The zero-order valence-corrected chi connectivity index (χ0v) is 15.8. The highest BCUT2D eigenvalue weighted by Crippen LogP contribution is 2.30. The van der Waals surface area contributed by atoms with Gasteiger partial charge in [0.1, 0.15) is 18.1 Å². The summed E-state index contributed by atoms with van der Waals surface area (Å²) in [5.41, 5.74) is 6.02. The fourth-order valence-corrected chi connectivity index (χ4v) is 3.25. The Morgan fingerprint density at radius 2 is 2.28 bits per heavy atom. The van der Waals surface area contributed by atoms with Crippen LogP contribution >= 0.6 is 11.3 Å². The lowest BCUT2D eigenvalue weighted by molar-refractivity contribution is -0.115. The number of hydrogen-bond acceptors (Lipinski definition) is 10. The summed E-state index contributed by atoms with van der Waals surface area (Å²) in [7, 11) is -1.48. The fourth-order valence-electron chi connectivity index (χ4n) is 2.70. The predicted molar refractivity (Wildman–Crippen MR) is 104 cm³/mol. The highest BCUT2D eigenvalue weighted by atomic mass is 32.1. The van der Waals surface area contributed by atoms with E-state index in [0.717, 1.165) is 11.3 Å². The van der Waals surface area contributed by atoms with Gasteiger partial charge in [-0.25, -0.2) is 9.78 Å². The van der Waals surface area contributed by atoms with Crippen molar-refractivity contribution in [2.24, 2.45) is 5.16 Å². The Hall–Kier alpha value is -3.16. The number of para-hydroxylation sites is 1. The number of nitrogens with zero attached hydrogens (tertiary/aromatic N) is 2. The number of carboxylic acids is 1. The number of nitrogen functional groups attached to an aromatic ring is 1. The van der Waals surface area contributed by atoms with Gasteiger partial charge in [0.2, 0.25) is 0 Å². The number of amides is 1. The van der Waals surface area contributed by atoms with E-state index in [9.17, 15) is 19.7 Å². The molecule has 0 aliphatic carbocycles.